The molecule has 2 atom stereocenters. The highest BCUT2D eigenvalue weighted by Gasteiger charge is 2.29. The molecule has 2 aromatic rings. The molecule has 0 unspecified atom stereocenters. The number of halogens is 1. The lowest BCUT2D eigenvalue weighted by molar-refractivity contribution is -0.122. The number of anilines is 1. The molecule has 3 N–H and O–H groups in total. The Morgan fingerprint density at radius 1 is 1.21 bits per heavy atom. The molecule has 0 aromatic carbocycles. The largest absolute Gasteiger partial charge is 0.446 e. The number of hydrogen-bond acceptors (Lipinski definition) is 5. The molecule has 154 valence electrons. The molecule has 8 nitrogen and oxygen atoms in total. The standard InChI is InChI=1S/C20H24ClN5O3/c21-16-11-23-18(9-14(16)15-10-24-26-7-2-1-6-17(15)26)25-19(27)12-4-3-5-13(8-12)29-20(22)28/h9-13H,1-8H2,(H2,22,28)(H,23,25,27)/t12-,13-/m0/s1. The Morgan fingerprint density at radius 2 is 2.07 bits per heavy atom. The summed E-state index contributed by atoms with van der Waals surface area (Å²) in [4.78, 5) is 28.0. The molecule has 29 heavy (non-hydrogen) atoms. The first-order valence-corrected chi connectivity index (χ1v) is 10.4. The van der Waals surface area contributed by atoms with Crippen molar-refractivity contribution in [2.24, 2.45) is 11.7 Å². The third-order valence-corrected chi connectivity index (χ3v) is 5.96. The molecule has 1 saturated carbocycles. The van der Waals surface area contributed by atoms with Crippen molar-refractivity contribution in [3.63, 3.8) is 0 Å². The fourth-order valence-corrected chi connectivity index (χ4v) is 4.45. The first-order valence-electron chi connectivity index (χ1n) is 9.99. The first kappa shape index (κ1) is 19.7. The minimum atomic E-state index is -0.801. The zero-order valence-electron chi connectivity index (χ0n) is 16.1. The molecule has 0 spiro atoms. The van der Waals surface area contributed by atoms with Gasteiger partial charge in [-0.15, -0.1) is 0 Å². The molecule has 4 rings (SSSR count). The van der Waals surface area contributed by atoms with Gasteiger partial charge in [0.15, 0.2) is 0 Å². The van der Waals surface area contributed by atoms with E-state index >= 15 is 0 Å². The number of nitrogens with one attached hydrogen (secondary N) is 1. The second-order valence-corrected chi connectivity index (χ2v) is 8.05. The van der Waals surface area contributed by atoms with Gasteiger partial charge in [0.05, 0.1) is 11.2 Å². The highest BCUT2D eigenvalue weighted by atomic mass is 35.5. The molecule has 3 heterocycles. The van der Waals surface area contributed by atoms with E-state index in [2.05, 4.69) is 15.4 Å². The van der Waals surface area contributed by atoms with Crippen molar-refractivity contribution in [3.8, 4) is 11.1 Å². The van der Waals surface area contributed by atoms with E-state index in [1.165, 1.54) is 5.69 Å². The summed E-state index contributed by atoms with van der Waals surface area (Å²) in [5, 5.41) is 7.88. The quantitative estimate of drug-likeness (QED) is 0.790. The van der Waals surface area contributed by atoms with Crippen LogP contribution in [0.2, 0.25) is 5.02 Å². The molecule has 1 aliphatic carbocycles. The van der Waals surface area contributed by atoms with Gasteiger partial charge in [-0.3, -0.25) is 9.48 Å². The normalized spacial score (nSPS) is 21.3. The van der Waals surface area contributed by atoms with Gasteiger partial charge in [-0.2, -0.15) is 5.10 Å². The number of nitrogens with two attached hydrogens (primary N) is 1. The molecule has 0 bridgehead atoms. The van der Waals surface area contributed by atoms with E-state index in [4.69, 9.17) is 22.1 Å². The number of fused-ring (bicyclic) bond motifs is 1. The molecule has 2 aliphatic rings. The fourth-order valence-electron chi connectivity index (χ4n) is 4.24. The number of pyridine rings is 1. The summed E-state index contributed by atoms with van der Waals surface area (Å²) in [7, 11) is 0. The molecule has 1 aliphatic heterocycles. The number of hydrogen-bond donors (Lipinski definition) is 2. The summed E-state index contributed by atoms with van der Waals surface area (Å²) in [6.45, 7) is 0.915. The van der Waals surface area contributed by atoms with Gasteiger partial charge < -0.3 is 15.8 Å². The Kier molecular flexibility index (Phi) is 5.71. The molecule has 1 fully saturated rings. The topological polar surface area (TPSA) is 112 Å². The zero-order valence-corrected chi connectivity index (χ0v) is 16.8. The number of aryl methyl sites for hydroxylation is 1. The van der Waals surface area contributed by atoms with Gasteiger partial charge in [-0.25, -0.2) is 9.78 Å². The lowest BCUT2D eigenvalue weighted by atomic mass is 9.86. The van der Waals surface area contributed by atoms with Crippen LogP contribution in [0.3, 0.4) is 0 Å². The second kappa shape index (κ2) is 8.41. The SMILES string of the molecule is NC(=O)O[C@H]1CCC[C@H](C(=O)Nc2cc(-c3cnn4c3CCCC4)c(Cl)cn2)C1. The highest BCUT2D eigenvalue weighted by molar-refractivity contribution is 6.33. The Balaban J connectivity index is 1.50. The van der Waals surface area contributed by atoms with Crippen molar-refractivity contribution in [2.45, 2.75) is 57.6 Å². The van der Waals surface area contributed by atoms with Crippen molar-refractivity contribution in [1.29, 1.82) is 0 Å². The van der Waals surface area contributed by atoms with Crippen LogP contribution in [-0.2, 0) is 22.5 Å². The summed E-state index contributed by atoms with van der Waals surface area (Å²) in [6, 6.07) is 1.80. The van der Waals surface area contributed by atoms with Gasteiger partial charge in [0.1, 0.15) is 11.9 Å². The maximum absolute atomic E-state index is 12.7. The molecule has 2 aromatic heterocycles. The number of rotatable bonds is 4. The monoisotopic (exact) mass is 417 g/mol. The van der Waals surface area contributed by atoms with Crippen LogP contribution in [0.1, 0.15) is 44.2 Å². The van der Waals surface area contributed by atoms with Crippen LogP contribution in [0, 0.1) is 5.92 Å². The molecular formula is C20H24ClN5O3. The van der Waals surface area contributed by atoms with Crippen LogP contribution >= 0.6 is 11.6 Å². The molecule has 2 amide bonds. The predicted molar refractivity (Wildman–Crippen MR) is 108 cm³/mol. The Bertz CT molecular complexity index is 929. The van der Waals surface area contributed by atoms with E-state index in [0.29, 0.717) is 17.3 Å². The molecular weight excluding hydrogens is 394 g/mol. The Labute approximate surface area is 173 Å². The summed E-state index contributed by atoms with van der Waals surface area (Å²) in [6.07, 6.45) is 8.21. The van der Waals surface area contributed by atoms with Crippen molar-refractivity contribution in [2.75, 3.05) is 5.32 Å². The number of amides is 2. The van der Waals surface area contributed by atoms with Crippen LogP contribution in [0.5, 0.6) is 0 Å². The van der Waals surface area contributed by atoms with E-state index in [-0.39, 0.29) is 17.9 Å². The third-order valence-electron chi connectivity index (χ3n) is 5.66. The van der Waals surface area contributed by atoms with Crippen molar-refractivity contribution >= 4 is 29.4 Å². The van der Waals surface area contributed by atoms with Gasteiger partial charge in [0.25, 0.3) is 0 Å². The molecule has 0 saturated heterocycles. The Morgan fingerprint density at radius 3 is 2.90 bits per heavy atom. The maximum Gasteiger partial charge on any atom is 0.404 e. The summed E-state index contributed by atoms with van der Waals surface area (Å²) < 4.78 is 7.10. The van der Waals surface area contributed by atoms with Gasteiger partial charge >= 0.3 is 6.09 Å². The molecule has 0 radical (unpaired) electrons. The summed E-state index contributed by atoms with van der Waals surface area (Å²) >= 11 is 6.41. The van der Waals surface area contributed by atoms with E-state index in [1.54, 1.807) is 12.3 Å². The minimum Gasteiger partial charge on any atom is -0.446 e. The predicted octanol–water partition coefficient (Wildman–Crippen LogP) is 3.53. The average Bonchev–Trinajstić information content (AvgIpc) is 3.13. The van der Waals surface area contributed by atoms with Crippen molar-refractivity contribution in [1.82, 2.24) is 14.8 Å². The molecule has 9 heteroatoms. The van der Waals surface area contributed by atoms with Crippen LogP contribution in [0.25, 0.3) is 11.1 Å². The zero-order chi connectivity index (χ0) is 20.4. The van der Waals surface area contributed by atoms with Crippen LogP contribution in [-0.4, -0.2) is 32.9 Å². The van der Waals surface area contributed by atoms with Crippen molar-refractivity contribution < 1.29 is 14.3 Å². The van der Waals surface area contributed by atoms with E-state index in [9.17, 15) is 9.59 Å². The van der Waals surface area contributed by atoms with Crippen LogP contribution in [0.15, 0.2) is 18.5 Å². The minimum absolute atomic E-state index is 0.138. The highest BCUT2D eigenvalue weighted by Crippen LogP contribution is 2.34. The van der Waals surface area contributed by atoms with Gasteiger partial charge in [-0.1, -0.05) is 11.6 Å². The number of nitrogens with zero attached hydrogens (tertiary/aromatic N) is 3. The van der Waals surface area contributed by atoms with Crippen molar-refractivity contribution in [3.05, 3.63) is 29.2 Å². The van der Waals surface area contributed by atoms with E-state index in [0.717, 1.165) is 56.2 Å². The van der Waals surface area contributed by atoms with Crippen LogP contribution < -0.4 is 11.1 Å². The third kappa shape index (κ3) is 4.37. The van der Waals surface area contributed by atoms with E-state index < -0.39 is 6.09 Å². The second-order valence-electron chi connectivity index (χ2n) is 7.65. The number of primary amides is 1. The smallest absolute Gasteiger partial charge is 0.404 e. The van der Waals surface area contributed by atoms with Crippen LogP contribution in [0.4, 0.5) is 10.6 Å². The maximum atomic E-state index is 12.7. The van der Waals surface area contributed by atoms with Gasteiger partial charge in [0, 0.05) is 35.5 Å². The Hall–Kier alpha value is -2.61. The number of aromatic nitrogens is 3. The first-order chi connectivity index (χ1) is 14.0. The number of carbonyl (C=O) groups excluding carboxylic acids is 2. The lowest BCUT2D eigenvalue weighted by Gasteiger charge is -2.27. The average molecular weight is 418 g/mol. The van der Waals surface area contributed by atoms with Gasteiger partial charge in [-0.05, 0) is 51.0 Å². The summed E-state index contributed by atoms with van der Waals surface area (Å²) in [5.41, 5.74) is 8.07. The van der Waals surface area contributed by atoms with E-state index in [1.807, 2.05) is 10.9 Å². The van der Waals surface area contributed by atoms with Gasteiger partial charge in [0.2, 0.25) is 5.91 Å². The number of ether oxygens (including phenoxy) is 1. The fraction of sp³-hybridized carbons (Fsp3) is 0.500. The summed E-state index contributed by atoms with van der Waals surface area (Å²) in [5.74, 6) is 0.0571. The lowest BCUT2D eigenvalue weighted by Crippen LogP contribution is -2.33. The number of carbonyl (C=O) groups is 2.